The summed E-state index contributed by atoms with van der Waals surface area (Å²) in [5.74, 6) is -0.819. The molecule has 0 radical (unpaired) electrons. The Morgan fingerprint density at radius 3 is 2.68 bits per heavy atom. The molecule has 3 nitrogen and oxygen atoms in total. The monoisotopic (exact) mass is 278 g/mol. The predicted octanol–water partition coefficient (Wildman–Crippen LogP) is 2.34. The number of hydrogen-bond donors (Lipinski definition) is 1. The molecular formula is C13H21F3N2O. The van der Waals surface area contributed by atoms with E-state index in [0.717, 1.165) is 19.5 Å². The van der Waals surface area contributed by atoms with Gasteiger partial charge in [-0.1, -0.05) is 11.6 Å². The van der Waals surface area contributed by atoms with E-state index in [9.17, 15) is 18.0 Å². The van der Waals surface area contributed by atoms with Crippen LogP contribution >= 0.6 is 0 Å². The molecule has 0 bridgehead atoms. The number of piperidine rings is 1. The Morgan fingerprint density at radius 1 is 1.42 bits per heavy atom. The van der Waals surface area contributed by atoms with Gasteiger partial charge >= 0.3 is 6.18 Å². The van der Waals surface area contributed by atoms with E-state index in [1.54, 1.807) is 0 Å². The van der Waals surface area contributed by atoms with Crippen LogP contribution < -0.4 is 5.32 Å². The average Bonchev–Trinajstić information content (AvgIpc) is 2.33. The normalized spacial score (nSPS) is 21.0. The molecule has 1 heterocycles. The Balaban J connectivity index is 2.41. The quantitative estimate of drug-likeness (QED) is 0.801. The molecule has 0 aliphatic carbocycles. The van der Waals surface area contributed by atoms with Gasteiger partial charge in [0, 0.05) is 13.1 Å². The van der Waals surface area contributed by atoms with E-state index in [4.69, 9.17) is 0 Å². The molecule has 1 aliphatic rings. The zero-order chi connectivity index (χ0) is 14.5. The lowest BCUT2D eigenvalue weighted by atomic mass is 9.97. The third-order valence-electron chi connectivity index (χ3n) is 3.10. The number of alkyl halides is 3. The third-order valence-corrected chi connectivity index (χ3v) is 3.10. The Labute approximate surface area is 111 Å². The maximum absolute atomic E-state index is 12.0. The number of hydrogen-bond acceptors (Lipinski definition) is 2. The molecule has 1 atom stereocenters. The Bertz CT molecular complexity index is 335. The van der Waals surface area contributed by atoms with Gasteiger partial charge in [0.05, 0.1) is 5.92 Å². The number of carbonyl (C=O) groups is 1. The summed E-state index contributed by atoms with van der Waals surface area (Å²) < 4.78 is 36.1. The van der Waals surface area contributed by atoms with E-state index in [0.29, 0.717) is 13.0 Å². The lowest BCUT2D eigenvalue weighted by Crippen LogP contribution is -2.45. The highest BCUT2D eigenvalue weighted by molar-refractivity contribution is 5.79. The van der Waals surface area contributed by atoms with Gasteiger partial charge in [-0.25, -0.2) is 0 Å². The summed E-state index contributed by atoms with van der Waals surface area (Å²) in [4.78, 5) is 13.8. The first-order valence-corrected chi connectivity index (χ1v) is 6.48. The van der Waals surface area contributed by atoms with Crippen molar-refractivity contribution in [2.24, 2.45) is 5.92 Å². The minimum Gasteiger partial charge on any atom is -0.347 e. The molecule has 110 valence electrons. The molecule has 1 N–H and O–H groups in total. The molecule has 1 amide bonds. The van der Waals surface area contributed by atoms with Gasteiger partial charge < -0.3 is 5.32 Å². The molecule has 0 aromatic heterocycles. The highest BCUT2D eigenvalue weighted by Crippen LogP contribution is 2.18. The molecule has 1 fully saturated rings. The first kappa shape index (κ1) is 16.0. The lowest BCUT2D eigenvalue weighted by Gasteiger charge is -2.31. The van der Waals surface area contributed by atoms with Gasteiger partial charge in [-0.15, -0.1) is 0 Å². The van der Waals surface area contributed by atoms with Crippen molar-refractivity contribution in [1.29, 1.82) is 0 Å². The molecule has 1 rings (SSSR count). The van der Waals surface area contributed by atoms with Crippen LogP contribution in [0.2, 0.25) is 0 Å². The Kier molecular flexibility index (Phi) is 5.85. The maximum Gasteiger partial charge on any atom is 0.405 e. The van der Waals surface area contributed by atoms with Crippen LogP contribution in [0.4, 0.5) is 13.2 Å². The number of halogens is 3. The SMILES string of the molecule is CC(C)=CCN1CCC[C@H](C(=O)NCC(F)(F)F)C1. The molecule has 19 heavy (non-hydrogen) atoms. The highest BCUT2D eigenvalue weighted by atomic mass is 19.4. The molecule has 0 aromatic carbocycles. The van der Waals surface area contributed by atoms with Crippen molar-refractivity contribution in [3.8, 4) is 0 Å². The van der Waals surface area contributed by atoms with E-state index < -0.39 is 18.6 Å². The van der Waals surface area contributed by atoms with Gasteiger partial charge in [-0.2, -0.15) is 13.2 Å². The summed E-state index contributed by atoms with van der Waals surface area (Å²) in [5.41, 5.74) is 1.20. The summed E-state index contributed by atoms with van der Waals surface area (Å²) in [6.45, 7) is 4.94. The van der Waals surface area contributed by atoms with Crippen LogP contribution in [-0.2, 0) is 4.79 Å². The number of rotatable bonds is 4. The number of likely N-dealkylation sites (tertiary alicyclic amines) is 1. The minimum absolute atomic E-state index is 0.332. The Hall–Kier alpha value is -1.04. The first-order chi connectivity index (χ1) is 8.78. The van der Waals surface area contributed by atoms with Gasteiger partial charge in [0.1, 0.15) is 6.54 Å². The van der Waals surface area contributed by atoms with Crippen LogP contribution in [0.1, 0.15) is 26.7 Å². The van der Waals surface area contributed by atoms with Crippen LogP contribution in [0.3, 0.4) is 0 Å². The van der Waals surface area contributed by atoms with Crippen molar-refractivity contribution >= 4 is 5.91 Å². The summed E-state index contributed by atoms with van der Waals surface area (Å²) in [6.07, 6.45) is -0.766. The molecule has 0 saturated carbocycles. The maximum atomic E-state index is 12.0. The first-order valence-electron chi connectivity index (χ1n) is 6.48. The Morgan fingerprint density at radius 2 is 2.11 bits per heavy atom. The molecule has 6 heteroatoms. The molecular weight excluding hydrogens is 257 g/mol. The van der Waals surface area contributed by atoms with Gasteiger partial charge in [0.2, 0.25) is 5.91 Å². The second-order valence-corrected chi connectivity index (χ2v) is 5.21. The van der Waals surface area contributed by atoms with Crippen LogP contribution in [0.25, 0.3) is 0 Å². The van der Waals surface area contributed by atoms with E-state index in [-0.39, 0.29) is 5.92 Å². The van der Waals surface area contributed by atoms with Crippen LogP contribution in [0, 0.1) is 5.92 Å². The molecule has 1 saturated heterocycles. The minimum atomic E-state index is -4.34. The summed E-state index contributed by atoms with van der Waals surface area (Å²) in [5, 5.41) is 1.97. The standard InChI is InChI=1S/C13H21F3N2O/c1-10(2)5-7-18-6-3-4-11(8-18)12(19)17-9-13(14,15)16/h5,11H,3-4,6-9H2,1-2H3,(H,17,19)/t11-/m0/s1. The number of carbonyl (C=O) groups excluding carboxylic acids is 1. The fourth-order valence-corrected chi connectivity index (χ4v) is 2.08. The van der Waals surface area contributed by atoms with Crippen LogP contribution in [0.15, 0.2) is 11.6 Å². The van der Waals surface area contributed by atoms with Crippen molar-refractivity contribution in [3.63, 3.8) is 0 Å². The second kappa shape index (κ2) is 6.93. The third kappa shape index (κ3) is 6.61. The fourth-order valence-electron chi connectivity index (χ4n) is 2.08. The number of nitrogens with one attached hydrogen (secondary N) is 1. The number of nitrogens with zero attached hydrogens (tertiary/aromatic N) is 1. The summed E-state index contributed by atoms with van der Waals surface area (Å²) >= 11 is 0. The topological polar surface area (TPSA) is 32.3 Å². The predicted molar refractivity (Wildman–Crippen MR) is 67.7 cm³/mol. The second-order valence-electron chi connectivity index (χ2n) is 5.21. The zero-order valence-electron chi connectivity index (χ0n) is 11.4. The molecule has 0 aromatic rings. The smallest absolute Gasteiger partial charge is 0.347 e. The number of allylic oxidation sites excluding steroid dienone is 1. The number of amides is 1. The van der Waals surface area contributed by atoms with Crippen molar-refractivity contribution in [3.05, 3.63) is 11.6 Å². The average molecular weight is 278 g/mol. The van der Waals surface area contributed by atoms with E-state index in [1.807, 2.05) is 19.2 Å². The van der Waals surface area contributed by atoms with Crippen molar-refractivity contribution < 1.29 is 18.0 Å². The van der Waals surface area contributed by atoms with Gasteiger partial charge in [-0.3, -0.25) is 9.69 Å². The van der Waals surface area contributed by atoms with Crippen LogP contribution in [-0.4, -0.2) is 43.2 Å². The fraction of sp³-hybridized carbons (Fsp3) is 0.769. The van der Waals surface area contributed by atoms with Gasteiger partial charge in [0.25, 0.3) is 0 Å². The van der Waals surface area contributed by atoms with Crippen molar-refractivity contribution in [2.45, 2.75) is 32.9 Å². The summed E-state index contributed by atoms with van der Waals surface area (Å²) in [7, 11) is 0. The highest BCUT2D eigenvalue weighted by Gasteiger charge is 2.31. The van der Waals surface area contributed by atoms with Crippen molar-refractivity contribution in [1.82, 2.24) is 10.2 Å². The van der Waals surface area contributed by atoms with E-state index in [2.05, 4.69) is 11.0 Å². The van der Waals surface area contributed by atoms with Crippen molar-refractivity contribution in [2.75, 3.05) is 26.2 Å². The molecule has 0 spiro atoms. The van der Waals surface area contributed by atoms with Gasteiger partial charge in [-0.05, 0) is 33.2 Å². The van der Waals surface area contributed by atoms with E-state index in [1.165, 1.54) is 5.57 Å². The molecule has 1 aliphatic heterocycles. The van der Waals surface area contributed by atoms with Gasteiger partial charge in [0.15, 0.2) is 0 Å². The lowest BCUT2D eigenvalue weighted by molar-refractivity contribution is -0.141. The largest absolute Gasteiger partial charge is 0.405 e. The zero-order valence-corrected chi connectivity index (χ0v) is 11.4. The van der Waals surface area contributed by atoms with Crippen LogP contribution in [0.5, 0.6) is 0 Å². The summed E-state index contributed by atoms with van der Waals surface area (Å²) in [6, 6.07) is 0. The molecule has 0 unspecified atom stereocenters. The van der Waals surface area contributed by atoms with E-state index >= 15 is 0 Å².